The molecule has 4 nitrogen and oxygen atoms in total. The molecular formula is C16H17N3O. The molecule has 1 N–H and O–H groups in total. The number of para-hydroxylation sites is 1. The molecule has 0 radical (unpaired) electrons. The number of aryl methyl sites for hydroxylation is 2. The highest BCUT2D eigenvalue weighted by atomic mass is 16.3. The molecule has 0 fully saturated rings. The fraction of sp³-hybridized carbons (Fsp3) is 0.250. The van der Waals surface area contributed by atoms with Gasteiger partial charge in [0.1, 0.15) is 17.2 Å². The van der Waals surface area contributed by atoms with Crippen molar-refractivity contribution in [2.75, 3.05) is 0 Å². The monoisotopic (exact) mass is 267 g/mol. The molecule has 2 aromatic heterocycles. The predicted molar refractivity (Wildman–Crippen MR) is 78.3 cm³/mol. The van der Waals surface area contributed by atoms with Gasteiger partial charge in [0.2, 0.25) is 0 Å². The van der Waals surface area contributed by atoms with Crippen molar-refractivity contribution < 1.29 is 4.42 Å². The molecule has 0 saturated carbocycles. The van der Waals surface area contributed by atoms with Crippen molar-refractivity contribution in [2.45, 2.75) is 26.9 Å². The van der Waals surface area contributed by atoms with Gasteiger partial charge in [0.15, 0.2) is 0 Å². The lowest BCUT2D eigenvalue weighted by Gasteiger charge is -2.04. The Morgan fingerprint density at radius 3 is 2.80 bits per heavy atom. The van der Waals surface area contributed by atoms with Gasteiger partial charge in [-0.15, -0.1) is 0 Å². The molecule has 20 heavy (non-hydrogen) atoms. The topological polar surface area (TPSA) is 51.0 Å². The number of nitrogens with one attached hydrogen (secondary N) is 1. The van der Waals surface area contributed by atoms with Crippen LogP contribution < -0.4 is 5.32 Å². The first-order valence-corrected chi connectivity index (χ1v) is 6.70. The zero-order chi connectivity index (χ0) is 13.9. The summed E-state index contributed by atoms with van der Waals surface area (Å²) >= 11 is 0. The van der Waals surface area contributed by atoms with E-state index < -0.39 is 0 Å². The molecule has 4 heteroatoms. The summed E-state index contributed by atoms with van der Waals surface area (Å²) in [5.41, 5.74) is 3.16. The third-order valence-electron chi connectivity index (χ3n) is 3.34. The van der Waals surface area contributed by atoms with Crippen molar-refractivity contribution in [3.05, 3.63) is 59.4 Å². The maximum absolute atomic E-state index is 5.76. The highest BCUT2D eigenvalue weighted by Crippen LogP contribution is 2.24. The minimum atomic E-state index is 0.725. The summed E-state index contributed by atoms with van der Waals surface area (Å²) < 4.78 is 5.76. The van der Waals surface area contributed by atoms with Crippen LogP contribution in [-0.4, -0.2) is 9.97 Å². The van der Waals surface area contributed by atoms with E-state index in [1.54, 1.807) is 6.20 Å². The Kier molecular flexibility index (Phi) is 3.48. The Hall–Kier alpha value is -2.20. The molecule has 0 unspecified atom stereocenters. The molecule has 102 valence electrons. The summed E-state index contributed by atoms with van der Waals surface area (Å²) in [6.45, 7) is 5.40. The second kappa shape index (κ2) is 5.43. The minimum Gasteiger partial charge on any atom is -0.461 e. The second-order valence-electron chi connectivity index (χ2n) is 4.83. The number of furan rings is 1. The minimum absolute atomic E-state index is 0.725. The first-order valence-electron chi connectivity index (χ1n) is 6.70. The lowest BCUT2D eigenvalue weighted by molar-refractivity contribution is 0.564. The second-order valence-corrected chi connectivity index (χ2v) is 4.83. The molecule has 0 bridgehead atoms. The fourth-order valence-electron chi connectivity index (χ4n) is 2.36. The van der Waals surface area contributed by atoms with Crippen LogP contribution in [0.3, 0.4) is 0 Å². The normalized spacial score (nSPS) is 11.1. The van der Waals surface area contributed by atoms with Gasteiger partial charge in [-0.05, 0) is 26.0 Å². The lowest BCUT2D eigenvalue weighted by Crippen LogP contribution is -2.14. The quantitative estimate of drug-likeness (QED) is 0.789. The van der Waals surface area contributed by atoms with Gasteiger partial charge in [-0.3, -0.25) is 0 Å². The lowest BCUT2D eigenvalue weighted by atomic mass is 10.1. The van der Waals surface area contributed by atoms with E-state index in [-0.39, 0.29) is 0 Å². The summed E-state index contributed by atoms with van der Waals surface area (Å²) in [6, 6.07) is 10.1. The number of rotatable bonds is 4. The smallest absolute Gasteiger partial charge is 0.134 e. The van der Waals surface area contributed by atoms with Gasteiger partial charge in [-0.25, -0.2) is 9.97 Å². The molecule has 0 spiro atoms. The molecule has 0 amide bonds. The predicted octanol–water partition coefficient (Wildman–Crippen LogP) is 3.13. The van der Waals surface area contributed by atoms with Gasteiger partial charge < -0.3 is 9.73 Å². The van der Waals surface area contributed by atoms with E-state index in [0.29, 0.717) is 0 Å². The van der Waals surface area contributed by atoms with Crippen LogP contribution in [0.5, 0.6) is 0 Å². The van der Waals surface area contributed by atoms with Crippen LogP contribution in [-0.2, 0) is 13.1 Å². The SMILES string of the molecule is Cc1nccc(CNCc2c(C)oc3ccccc23)n1. The van der Waals surface area contributed by atoms with Crippen molar-refractivity contribution in [1.82, 2.24) is 15.3 Å². The maximum atomic E-state index is 5.76. The standard InChI is InChI=1S/C16H17N3O/c1-11-15(14-5-3-4-6-16(14)20-11)10-17-9-13-7-8-18-12(2)19-13/h3-8,17H,9-10H2,1-2H3. The number of hydrogen-bond acceptors (Lipinski definition) is 4. The average Bonchev–Trinajstić information content (AvgIpc) is 2.75. The van der Waals surface area contributed by atoms with Gasteiger partial charge in [0, 0.05) is 30.2 Å². The van der Waals surface area contributed by atoms with Gasteiger partial charge >= 0.3 is 0 Å². The van der Waals surface area contributed by atoms with E-state index in [1.165, 1.54) is 10.9 Å². The Bertz CT molecular complexity index is 733. The van der Waals surface area contributed by atoms with Crippen LogP contribution >= 0.6 is 0 Å². The third kappa shape index (κ3) is 2.56. The molecule has 1 aromatic carbocycles. The van der Waals surface area contributed by atoms with Crippen molar-refractivity contribution >= 4 is 11.0 Å². The molecule has 0 aliphatic rings. The van der Waals surface area contributed by atoms with E-state index in [9.17, 15) is 0 Å². The van der Waals surface area contributed by atoms with Crippen molar-refractivity contribution in [3.8, 4) is 0 Å². The molecule has 0 atom stereocenters. The highest BCUT2D eigenvalue weighted by molar-refractivity contribution is 5.82. The molecule has 0 saturated heterocycles. The Morgan fingerprint density at radius 1 is 1.10 bits per heavy atom. The average molecular weight is 267 g/mol. The van der Waals surface area contributed by atoms with Crippen LogP contribution in [0.25, 0.3) is 11.0 Å². The molecule has 3 aromatic rings. The highest BCUT2D eigenvalue weighted by Gasteiger charge is 2.09. The number of hydrogen-bond donors (Lipinski definition) is 1. The van der Waals surface area contributed by atoms with Crippen LogP contribution in [0.1, 0.15) is 22.8 Å². The summed E-state index contributed by atoms with van der Waals surface area (Å²) in [5.74, 6) is 1.77. The van der Waals surface area contributed by atoms with Gasteiger partial charge in [0.25, 0.3) is 0 Å². The first kappa shape index (κ1) is 12.8. The van der Waals surface area contributed by atoms with Crippen LogP contribution in [0.2, 0.25) is 0 Å². The molecule has 0 aliphatic carbocycles. The molecule has 0 aliphatic heterocycles. The zero-order valence-corrected chi connectivity index (χ0v) is 11.7. The van der Waals surface area contributed by atoms with E-state index in [4.69, 9.17) is 4.42 Å². The molecule has 2 heterocycles. The summed E-state index contributed by atoms with van der Waals surface area (Å²) in [5, 5.41) is 4.59. The zero-order valence-electron chi connectivity index (χ0n) is 11.7. The Labute approximate surface area is 117 Å². The van der Waals surface area contributed by atoms with Crippen LogP contribution in [0.15, 0.2) is 40.9 Å². The van der Waals surface area contributed by atoms with E-state index in [0.717, 1.165) is 36.0 Å². The summed E-state index contributed by atoms with van der Waals surface area (Å²) in [6.07, 6.45) is 1.79. The first-order chi connectivity index (χ1) is 9.74. The number of aromatic nitrogens is 2. The van der Waals surface area contributed by atoms with Gasteiger partial charge in [0.05, 0.1) is 5.69 Å². The van der Waals surface area contributed by atoms with E-state index in [1.807, 2.05) is 38.1 Å². The molecule has 3 rings (SSSR count). The maximum Gasteiger partial charge on any atom is 0.134 e. The largest absolute Gasteiger partial charge is 0.461 e. The number of benzene rings is 1. The van der Waals surface area contributed by atoms with Crippen LogP contribution in [0.4, 0.5) is 0 Å². The third-order valence-corrected chi connectivity index (χ3v) is 3.34. The van der Waals surface area contributed by atoms with Crippen molar-refractivity contribution in [1.29, 1.82) is 0 Å². The Balaban J connectivity index is 1.73. The van der Waals surface area contributed by atoms with Gasteiger partial charge in [-0.1, -0.05) is 18.2 Å². The van der Waals surface area contributed by atoms with Crippen LogP contribution in [0, 0.1) is 13.8 Å². The van der Waals surface area contributed by atoms with Crippen molar-refractivity contribution in [3.63, 3.8) is 0 Å². The molecular weight excluding hydrogens is 250 g/mol. The number of nitrogens with zero attached hydrogens (tertiary/aromatic N) is 2. The fourth-order valence-corrected chi connectivity index (χ4v) is 2.36. The summed E-state index contributed by atoms with van der Waals surface area (Å²) in [4.78, 5) is 8.48. The Morgan fingerprint density at radius 2 is 1.95 bits per heavy atom. The number of fused-ring (bicyclic) bond motifs is 1. The van der Waals surface area contributed by atoms with E-state index >= 15 is 0 Å². The summed E-state index contributed by atoms with van der Waals surface area (Å²) in [7, 11) is 0. The van der Waals surface area contributed by atoms with Crippen molar-refractivity contribution in [2.24, 2.45) is 0 Å². The van der Waals surface area contributed by atoms with E-state index in [2.05, 4.69) is 21.4 Å². The van der Waals surface area contributed by atoms with Gasteiger partial charge in [-0.2, -0.15) is 0 Å².